The zero-order chi connectivity index (χ0) is 37.6. The van der Waals surface area contributed by atoms with Gasteiger partial charge in [0.05, 0.1) is 5.69 Å². The fourth-order valence-corrected chi connectivity index (χ4v) is 12.7. The highest BCUT2D eigenvalue weighted by atomic mass is 15.1. The normalized spacial score (nSPS) is 22.0. The van der Waals surface area contributed by atoms with Crippen LogP contribution in [0.2, 0.25) is 0 Å². The zero-order valence-electron chi connectivity index (χ0n) is 32.9. The summed E-state index contributed by atoms with van der Waals surface area (Å²) in [5.74, 6) is 1.59. The van der Waals surface area contributed by atoms with Crippen LogP contribution in [0, 0.1) is 11.8 Å². The summed E-state index contributed by atoms with van der Waals surface area (Å²) in [6, 6.07) is 58.4. The molecule has 5 aliphatic rings. The lowest BCUT2D eigenvalue weighted by Crippen LogP contribution is -2.31. The number of nitrogens with zero attached hydrogens (tertiary/aromatic N) is 1. The molecule has 0 saturated heterocycles. The molecule has 2 fully saturated rings. The monoisotopic (exact) mass is 721 g/mol. The molecule has 0 aliphatic heterocycles. The van der Waals surface area contributed by atoms with Gasteiger partial charge in [0.25, 0.3) is 0 Å². The van der Waals surface area contributed by atoms with Crippen molar-refractivity contribution in [1.29, 1.82) is 0 Å². The third kappa shape index (κ3) is 4.11. The highest BCUT2D eigenvalue weighted by Crippen LogP contribution is 2.66. The summed E-state index contributed by atoms with van der Waals surface area (Å²) in [7, 11) is 0. The van der Waals surface area contributed by atoms with Gasteiger partial charge in [-0.2, -0.15) is 0 Å². The highest BCUT2D eigenvalue weighted by Gasteiger charge is 2.56. The van der Waals surface area contributed by atoms with Gasteiger partial charge >= 0.3 is 0 Å². The van der Waals surface area contributed by atoms with E-state index < -0.39 is 0 Å². The van der Waals surface area contributed by atoms with E-state index in [-0.39, 0.29) is 16.2 Å². The number of hydrogen-bond donors (Lipinski definition) is 0. The fraction of sp³-hybridized carbons (Fsp3) is 0.236. The van der Waals surface area contributed by atoms with E-state index in [1.165, 1.54) is 110 Å². The zero-order valence-corrected chi connectivity index (χ0v) is 32.9. The summed E-state index contributed by atoms with van der Waals surface area (Å²) < 4.78 is 0. The van der Waals surface area contributed by atoms with Crippen molar-refractivity contribution in [2.75, 3.05) is 4.90 Å². The average molecular weight is 722 g/mol. The van der Waals surface area contributed by atoms with Crippen LogP contribution < -0.4 is 4.90 Å². The average Bonchev–Trinajstić information content (AvgIpc) is 4.02. The number of para-hydroxylation sites is 1. The molecule has 2 saturated carbocycles. The van der Waals surface area contributed by atoms with Crippen molar-refractivity contribution in [3.8, 4) is 44.5 Å². The Morgan fingerprint density at radius 3 is 1.62 bits per heavy atom. The summed E-state index contributed by atoms with van der Waals surface area (Å²) >= 11 is 0. The van der Waals surface area contributed by atoms with Gasteiger partial charge in [-0.1, -0.05) is 155 Å². The van der Waals surface area contributed by atoms with Crippen LogP contribution in [0.25, 0.3) is 44.5 Å². The van der Waals surface area contributed by atoms with Crippen molar-refractivity contribution >= 4 is 17.1 Å². The van der Waals surface area contributed by atoms with E-state index in [4.69, 9.17) is 0 Å². The molecular weight excluding hydrogens is 675 g/mol. The second-order valence-corrected chi connectivity index (χ2v) is 18.5. The molecule has 3 unspecified atom stereocenters. The summed E-state index contributed by atoms with van der Waals surface area (Å²) in [4.78, 5) is 2.57. The van der Waals surface area contributed by atoms with Gasteiger partial charge < -0.3 is 4.90 Å². The third-order valence-electron chi connectivity index (χ3n) is 15.2. The Kier molecular flexibility index (Phi) is 6.53. The SMILES string of the molecule is CC1(C)c2ccccc2-c2cc(N(c3ccc4c(c3)-c3ccccc3C43CC4CCC3C4)c3ccccc3-c3cccc4c3-c3ccccc3C4(C)C)ccc21. The predicted octanol–water partition coefficient (Wildman–Crippen LogP) is 14.5. The first kappa shape index (κ1) is 32.6. The molecule has 1 nitrogen and oxygen atoms in total. The molecule has 1 heteroatoms. The second kappa shape index (κ2) is 11.2. The molecule has 0 N–H and O–H groups in total. The summed E-state index contributed by atoms with van der Waals surface area (Å²) in [6.07, 6.45) is 5.43. The molecule has 0 heterocycles. The Morgan fingerprint density at radius 1 is 0.429 bits per heavy atom. The molecule has 1 spiro atoms. The van der Waals surface area contributed by atoms with Crippen molar-refractivity contribution in [2.45, 2.75) is 69.6 Å². The van der Waals surface area contributed by atoms with Crippen LogP contribution >= 0.6 is 0 Å². The van der Waals surface area contributed by atoms with Gasteiger partial charge in [-0.05, 0) is 134 Å². The Morgan fingerprint density at radius 2 is 0.929 bits per heavy atom. The van der Waals surface area contributed by atoms with Crippen molar-refractivity contribution < 1.29 is 0 Å². The van der Waals surface area contributed by atoms with Gasteiger partial charge in [-0.25, -0.2) is 0 Å². The van der Waals surface area contributed by atoms with Gasteiger partial charge in [0.1, 0.15) is 0 Å². The smallest absolute Gasteiger partial charge is 0.0540 e. The van der Waals surface area contributed by atoms with Gasteiger partial charge in [0.2, 0.25) is 0 Å². The molecular formula is C55H47N. The van der Waals surface area contributed by atoms with E-state index in [9.17, 15) is 0 Å². The van der Waals surface area contributed by atoms with Crippen LogP contribution in [0.1, 0.15) is 86.8 Å². The van der Waals surface area contributed by atoms with Gasteiger partial charge in [0.15, 0.2) is 0 Å². The quantitative estimate of drug-likeness (QED) is 0.175. The van der Waals surface area contributed by atoms with Crippen molar-refractivity contribution in [1.82, 2.24) is 0 Å². The summed E-state index contributed by atoms with van der Waals surface area (Å²) in [5.41, 5.74) is 23.2. The maximum Gasteiger partial charge on any atom is 0.0540 e. The molecule has 7 aromatic carbocycles. The molecule has 0 amide bonds. The minimum absolute atomic E-state index is 0.0513. The topological polar surface area (TPSA) is 3.24 Å². The lowest BCUT2D eigenvalue weighted by Gasteiger charge is -2.36. The number of anilines is 3. The minimum atomic E-state index is -0.0697. The number of benzene rings is 7. The van der Waals surface area contributed by atoms with E-state index in [0.717, 1.165) is 11.8 Å². The molecule has 7 aromatic rings. The standard InChI is InChI=1S/C55H47N/c1-53(2)45-19-9-5-14-38(45)43-31-36(26-28-47(43)53)56(37-27-29-49-44(32-37)39-15-6-11-21-48(39)55(49)33-34-24-25-35(55)30-34)51-23-12-8-16-40(51)41-18-13-22-50-52(41)42-17-7-10-20-46(42)54(50,3)4/h5-23,26-29,31-32,34-35H,24-25,30,33H2,1-4H3. The number of hydrogen-bond acceptors (Lipinski definition) is 1. The van der Waals surface area contributed by atoms with E-state index in [1.807, 2.05) is 0 Å². The van der Waals surface area contributed by atoms with Gasteiger partial charge in [-0.3, -0.25) is 0 Å². The first-order chi connectivity index (χ1) is 27.3. The van der Waals surface area contributed by atoms with Crippen LogP contribution in [0.4, 0.5) is 17.1 Å². The predicted molar refractivity (Wildman–Crippen MR) is 233 cm³/mol. The Labute approximate surface area is 331 Å². The van der Waals surface area contributed by atoms with Crippen LogP contribution in [0.15, 0.2) is 152 Å². The molecule has 0 radical (unpaired) electrons. The minimum Gasteiger partial charge on any atom is -0.310 e. The first-order valence-electron chi connectivity index (χ1n) is 20.9. The largest absolute Gasteiger partial charge is 0.310 e. The van der Waals surface area contributed by atoms with E-state index >= 15 is 0 Å². The Balaban J connectivity index is 1.11. The molecule has 5 aliphatic carbocycles. The van der Waals surface area contributed by atoms with Gasteiger partial charge in [-0.15, -0.1) is 0 Å². The number of fused-ring (bicyclic) bond motifs is 14. The fourth-order valence-electron chi connectivity index (χ4n) is 12.7. The van der Waals surface area contributed by atoms with E-state index in [1.54, 1.807) is 11.1 Å². The maximum absolute atomic E-state index is 2.57. The lowest BCUT2D eigenvalue weighted by atomic mass is 9.67. The second-order valence-electron chi connectivity index (χ2n) is 18.5. The molecule has 0 aromatic heterocycles. The van der Waals surface area contributed by atoms with Crippen LogP contribution in [0.5, 0.6) is 0 Å². The van der Waals surface area contributed by atoms with Crippen molar-refractivity contribution in [3.63, 3.8) is 0 Å². The number of rotatable bonds is 4. The molecule has 3 atom stereocenters. The third-order valence-corrected chi connectivity index (χ3v) is 15.2. The van der Waals surface area contributed by atoms with Crippen molar-refractivity contribution in [2.24, 2.45) is 11.8 Å². The first-order valence-corrected chi connectivity index (χ1v) is 20.9. The molecule has 272 valence electrons. The van der Waals surface area contributed by atoms with Crippen LogP contribution in [0.3, 0.4) is 0 Å². The van der Waals surface area contributed by atoms with E-state index in [0.29, 0.717) is 0 Å². The molecule has 12 rings (SSSR count). The highest BCUT2D eigenvalue weighted by molar-refractivity contribution is 5.99. The Bertz CT molecular complexity index is 2800. The van der Waals surface area contributed by atoms with E-state index in [2.05, 4.69) is 184 Å². The summed E-state index contributed by atoms with van der Waals surface area (Å²) in [6.45, 7) is 9.52. The van der Waals surface area contributed by atoms with Crippen LogP contribution in [-0.4, -0.2) is 0 Å². The van der Waals surface area contributed by atoms with Crippen molar-refractivity contribution in [3.05, 3.63) is 185 Å². The Hall–Kier alpha value is -5.66. The maximum atomic E-state index is 2.57. The van der Waals surface area contributed by atoms with Gasteiger partial charge in [0, 0.05) is 33.2 Å². The van der Waals surface area contributed by atoms with Crippen LogP contribution in [-0.2, 0) is 16.2 Å². The molecule has 2 bridgehead atoms. The summed E-state index contributed by atoms with van der Waals surface area (Å²) in [5, 5.41) is 0. The molecule has 56 heavy (non-hydrogen) atoms. The lowest BCUT2D eigenvalue weighted by molar-refractivity contribution is 0.327.